The number of nitrogens with zero attached hydrogens (tertiary/aromatic N) is 2. The molecule has 2 heterocycles. The van der Waals surface area contributed by atoms with Crippen molar-refractivity contribution in [2.45, 2.75) is 25.4 Å². The lowest BCUT2D eigenvalue weighted by molar-refractivity contribution is -0.159. The van der Waals surface area contributed by atoms with Crippen molar-refractivity contribution in [2.24, 2.45) is 0 Å². The molecule has 2 aliphatic heterocycles. The van der Waals surface area contributed by atoms with Crippen LogP contribution < -0.4 is 0 Å². The average Bonchev–Trinajstić information content (AvgIpc) is 2.91. The third-order valence-corrected chi connectivity index (χ3v) is 3.76. The van der Waals surface area contributed by atoms with Crippen LogP contribution >= 0.6 is 0 Å². The van der Waals surface area contributed by atoms with E-state index in [1.807, 2.05) is 0 Å². The van der Waals surface area contributed by atoms with Crippen molar-refractivity contribution in [3.8, 4) is 0 Å². The number of ether oxygens (including phenoxy) is 2. The Morgan fingerprint density at radius 2 is 1.94 bits per heavy atom. The van der Waals surface area contributed by atoms with Gasteiger partial charge in [-0.3, -0.25) is 4.90 Å². The Kier molecular flexibility index (Phi) is 5.41. The first kappa shape index (κ1) is 13.8. The van der Waals surface area contributed by atoms with E-state index in [2.05, 4.69) is 9.80 Å². The molecule has 1 unspecified atom stereocenters. The Morgan fingerprint density at radius 3 is 2.67 bits per heavy atom. The summed E-state index contributed by atoms with van der Waals surface area (Å²) in [6, 6.07) is 0. The summed E-state index contributed by atoms with van der Waals surface area (Å²) in [6.45, 7) is 6.97. The van der Waals surface area contributed by atoms with Crippen molar-refractivity contribution < 1.29 is 14.3 Å². The van der Waals surface area contributed by atoms with Gasteiger partial charge in [0.1, 0.15) is 0 Å². The Balaban J connectivity index is 1.64. The van der Waals surface area contributed by atoms with Crippen LogP contribution in [-0.4, -0.2) is 74.9 Å². The molecule has 104 valence electrons. The van der Waals surface area contributed by atoms with Gasteiger partial charge in [0.05, 0.1) is 13.7 Å². The lowest BCUT2D eigenvalue weighted by atomic mass is 10.2. The number of hydrogen-bond donors (Lipinski definition) is 0. The molecule has 0 amide bonds. The largest absolute Gasteiger partial charge is 0.467 e. The second-order valence-corrected chi connectivity index (χ2v) is 5.09. The predicted octanol–water partition coefficient (Wildman–Crippen LogP) is 0.346. The molecule has 0 saturated carbocycles. The summed E-state index contributed by atoms with van der Waals surface area (Å²) >= 11 is 0. The lowest BCUT2D eigenvalue weighted by Crippen LogP contribution is -2.47. The summed E-state index contributed by atoms with van der Waals surface area (Å²) in [4.78, 5) is 16.2. The highest BCUT2D eigenvalue weighted by Gasteiger charge is 2.27. The van der Waals surface area contributed by atoms with E-state index in [9.17, 15) is 4.79 Å². The van der Waals surface area contributed by atoms with Gasteiger partial charge in [-0.25, -0.2) is 4.79 Å². The van der Waals surface area contributed by atoms with Gasteiger partial charge in [-0.2, -0.15) is 0 Å². The minimum absolute atomic E-state index is 0.251. The predicted molar refractivity (Wildman–Crippen MR) is 68.5 cm³/mol. The fourth-order valence-corrected chi connectivity index (χ4v) is 2.70. The molecule has 0 aliphatic carbocycles. The van der Waals surface area contributed by atoms with Crippen LogP contribution in [0.5, 0.6) is 0 Å². The average molecular weight is 256 g/mol. The molecule has 2 saturated heterocycles. The molecular formula is C13H24N2O3. The van der Waals surface area contributed by atoms with Gasteiger partial charge < -0.3 is 14.4 Å². The van der Waals surface area contributed by atoms with Crippen LogP contribution in [0.3, 0.4) is 0 Å². The lowest BCUT2D eigenvalue weighted by Gasteiger charge is -2.31. The first-order chi connectivity index (χ1) is 8.79. The molecule has 0 spiro atoms. The molecule has 0 aromatic heterocycles. The van der Waals surface area contributed by atoms with Crippen LogP contribution in [-0.2, 0) is 14.3 Å². The molecule has 0 N–H and O–H groups in total. The van der Waals surface area contributed by atoms with Crippen molar-refractivity contribution >= 4 is 5.97 Å². The highest BCUT2D eigenvalue weighted by atomic mass is 16.6. The van der Waals surface area contributed by atoms with Crippen LogP contribution in [0.25, 0.3) is 0 Å². The van der Waals surface area contributed by atoms with E-state index in [1.54, 1.807) is 0 Å². The highest BCUT2D eigenvalue weighted by Crippen LogP contribution is 2.10. The molecule has 5 nitrogen and oxygen atoms in total. The van der Waals surface area contributed by atoms with Gasteiger partial charge >= 0.3 is 5.97 Å². The van der Waals surface area contributed by atoms with Gasteiger partial charge in [0.15, 0.2) is 6.10 Å². The second-order valence-electron chi connectivity index (χ2n) is 5.09. The van der Waals surface area contributed by atoms with Crippen molar-refractivity contribution in [3.63, 3.8) is 0 Å². The SMILES string of the molecule is COC(=O)C1CN(CCCN2CCCC2)CCO1. The van der Waals surface area contributed by atoms with E-state index in [0.717, 1.165) is 13.1 Å². The standard InChI is InChI=1S/C13H24N2O3/c1-17-13(16)12-11-15(9-10-18-12)8-4-7-14-5-2-3-6-14/h12H,2-11H2,1H3. The van der Waals surface area contributed by atoms with Crippen LogP contribution in [0.15, 0.2) is 0 Å². The highest BCUT2D eigenvalue weighted by molar-refractivity contribution is 5.74. The molecule has 0 aromatic carbocycles. The van der Waals surface area contributed by atoms with E-state index >= 15 is 0 Å². The molecule has 2 fully saturated rings. The van der Waals surface area contributed by atoms with E-state index in [1.165, 1.54) is 46.0 Å². The zero-order valence-electron chi connectivity index (χ0n) is 11.3. The van der Waals surface area contributed by atoms with Gasteiger partial charge in [0.25, 0.3) is 0 Å². The fourth-order valence-electron chi connectivity index (χ4n) is 2.70. The second kappa shape index (κ2) is 7.07. The van der Waals surface area contributed by atoms with Crippen molar-refractivity contribution in [3.05, 3.63) is 0 Å². The molecule has 5 heteroatoms. The zero-order valence-corrected chi connectivity index (χ0v) is 11.3. The van der Waals surface area contributed by atoms with Crippen molar-refractivity contribution in [1.82, 2.24) is 9.80 Å². The number of carbonyl (C=O) groups is 1. The van der Waals surface area contributed by atoms with Crippen molar-refractivity contribution in [1.29, 1.82) is 0 Å². The summed E-state index contributed by atoms with van der Waals surface area (Å²) in [5.41, 5.74) is 0. The maximum absolute atomic E-state index is 11.4. The summed E-state index contributed by atoms with van der Waals surface area (Å²) in [6.07, 6.45) is 3.48. The molecule has 18 heavy (non-hydrogen) atoms. The number of methoxy groups -OCH3 is 1. The van der Waals surface area contributed by atoms with E-state index in [0.29, 0.717) is 13.2 Å². The third kappa shape index (κ3) is 3.93. The first-order valence-electron chi connectivity index (χ1n) is 6.94. The van der Waals surface area contributed by atoms with Crippen LogP contribution in [0.2, 0.25) is 0 Å². The minimum atomic E-state index is -0.393. The summed E-state index contributed by atoms with van der Waals surface area (Å²) < 4.78 is 10.1. The fraction of sp³-hybridized carbons (Fsp3) is 0.923. The van der Waals surface area contributed by atoms with Crippen LogP contribution in [0.4, 0.5) is 0 Å². The number of likely N-dealkylation sites (tertiary alicyclic amines) is 1. The summed E-state index contributed by atoms with van der Waals surface area (Å²) in [5, 5.41) is 0. The summed E-state index contributed by atoms with van der Waals surface area (Å²) in [5.74, 6) is -0.251. The topological polar surface area (TPSA) is 42.0 Å². The number of hydrogen-bond acceptors (Lipinski definition) is 5. The molecular weight excluding hydrogens is 232 g/mol. The van der Waals surface area contributed by atoms with Gasteiger partial charge in [-0.15, -0.1) is 0 Å². The number of carbonyl (C=O) groups excluding carboxylic acids is 1. The number of rotatable bonds is 5. The Hall–Kier alpha value is -0.650. The number of morpholine rings is 1. The normalized spacial score (nSPS) is 26.4. The zero-order chi connectivity index (χ0) is 12.8. The Morgan fingerprint density at radius 1 is 1.22 bits per heavy atom. The van der Waals surface area contributed by atoms with E-state index < -0.39 is 6.10 Å². The number of esters is 1. The maximum Gasteiger partial charge on any atom is 0.336 e. The van der Waals surface area contributed by atoms with Crippen LogP contribution in [0, 0.1) is 0 Å². The monoisotopic (exact) mass is 256 g/mol. The van der Waals surface area contributed by atoms with Gasteiger partial charge in [0, 0.05) is 13.1 Å². The maximum atomic E-state index is 11.4. The molecule has 2 aliphatic rings. The molecule has 2 rings (SSSR count). The molecule has 0 bridgehead atoms. The van der Waals surface area contributed by atoms with Gasteiger partial charge in [-0.1, -0.05) is 0 Å². The third-order valence-electron chi connectivity index (χ3n) is 3.76. The Bertz CT molecular complexity index is 267. The quantitative estimate of drug-likeness (QED) is 0.664. The Labute approximate surface area is 109 Å². The molecule has 1 atom stereocenters. The first-order valence-corrected chi connectivity index (χ1v) is 6.94. The van der Waals surface area contributed by atoms with Gasteiger partial charge in [-0.05, 0) is 45.4 Å². The minimum Gasteiger partial charge on any atom is -0.467 e. The smallest absolute Gasteiger partial charge is 0.336 e. The summed E-state index contributed by atoms with van der Waals surface area (Å²) in [7, 11) is 1.41. The van der Waals surface area contributed by atoms with Gasteiger partial charge in [0.2, 0.25) is 0 Å². The molecule has 0 aromatic rings. The van der Waals surface area contributed by atoms with E-state index in [4.69, 9.17) is 9.47 Å². The van der Waals surface area contributed by atoms with E-state index in [-0.39, 0.29) is 5.97 Å². The van der Waals surface area contributed by atoms with Crippen molar-refractivity contribution in [2.75, 3.05) is 53.0 Å². The van der Waals surface area contributed by atoms with Crippen LogP contribution in [0.1, 0.15) is 19.3 Å². The molecule has 0 radical (unpaired) electrons.